The van der Waals surface area contributed by atoms with Crippen LogP contribution in [0.2, 0.25) is 0 Å². The molecule has 0 radical (unpaired) electrons. The maximum atomic E-state index is 11.7. The molecule has 2 nitrogen and oxygen atoms in total. The van der Waals surface area contributed by atoms with Gasteiger partial charge in [0, 0.05) is 0 Å². The van der Waals surface area contributed by atoms with Crippen LogP contribution in [-0.4, -0.2) is 5.97 Å². The normalized spacial score (nSPS) is 13.2. The van der Waals surface area contributed by atoms with Crippen molar-refractivity contribution in [3.8, 4) is 0 Å². The summed E-state index contributed by atoms with van der Waals surface area (Å²) in [6.45, 7) is 13.1. The van der Waals surface area contributed by atoms with Crippen LogP contribution in [0.3, 0.4) is 0 Å². The molecule has 0 fully saturated rings. The highest BCUT2D eigenvalue weighted by Gasteiger charge is 2.05. The fourth-order valence-electron chi connectivity index (χ4n) is 1.42. The maximum absolute atomic E-state index is 11.7. The molecule has 0 amide bonds. The summed E-state index contributed by atoms with van der Waals surface area (Å²) >= 11 is 0. The Bertz CT molecular complexity index is 526. The quantitative estimate of drug-likeness (QED) is 0.182. The number of carbonyl (C=O) groups excluding carboxylic acids is 1. The summed E-state index contributed by atoms with van der Waals surface area (Å²) in [5, 5.41) is 0. The third kappa shape index (κ3) is 10.4. The van der Waals surface area contributed by atoms with Crippen LogP contribution < -0.4 is 0 Å². The van der Waals surface area contributed by atoms with Gasteiger partial charge in [0.1, 0.15) is 5.76 Å². The zero-order valence-electron chi connectivity index (χ0n) is 13.8. The van der Waals surface area contributed by atoms with Crippen molar-refractivity contribution in [1.82, 2.24) is 0 Å². The Labute approximate surface area is 134 Å². The van der Waals surface area contributed by atoms with Gasteiger partial charge in [-0.25, -0.2) is 4.79 Å². The molecule has 0 aliphatic heterocycles. The number of ether oxygens (including phenoxy) is 1. The molecule has 2 heteroatoms. The van der Waals surface area contributed by atoms with Gasteiger partial charge in [0.2, 0.25) is 0 Å². The van der Waals surface area contributed by atoms with E-state index in [9.17, 15) is 4.79 Å². The van der Waals surface area contributed by atoms with Crippen molar-refractivity contribution in [1.29, 1.82) is 0 Å². The van der Waals surface area contributed by atoms with E-state index in [-0.39, 0.29) is 0 Å². The monoisotopic (exact) mass is 298 g/mol. The highest BCUT2D eigenvalue weighted by Crippen LogP contribution is 2.06. The smallest absolute Gasteiger partial charge is 0.342 e. The summed E-state index contributed by atoms with van der Waals surface area (Å²) in [4.78, 5) is 11.7. The van der Waals surface area contributed by atoms with Crippen molar-refractivity contribution in [2.75, 3.05) is 0 Å². The summed E-state index contributed by atoms with van der Waals surface area (Å²) < 4.78 is 5.18. The predicted octanol–water partition coefficient (Wildman–Crippen LogP) is 5.59. The van der Waals surface area contributed by atoms with E-state index in [1.165, 1.54) is 5.57 Å². The number of rotatable bonds is 9. The molecule has 0 heterocycles. The molecule has 0 aliphatic carbocycles. The first-order valence-corrected chi connectivity index (χ1v) is 7.33. The van der Waals surface area contributed by atoms with Gasteiger partial charge in [0.05, 0.1) is 5.57 Å². The number of hydrogen-bond acceptors (Lipinski definition) is 2. The molecule has 0 saturated carbocycles. The molecule has 0 aromatic rings. The zero-order chi connectivity index (χ0) is 16.8. The molecule has 0 aromatic heterocycles. The molecule has 0 N–H and O–H groups in total. The minimum atomic E-state index is -0.444. The first kappa shape index (κ1) is 19.7. The van der Waals surface area contributed by atoms with Gasteiger partial charge in [0.15, 0.2) is 0 Å². The third-order valence-electron chi connectivity index (χ3n) is 2.68. The summed E-state index contributed by atoms with van der Waals surface area (Å²) in [5.74, 6) is 0.0830. The number of carbonyl (C=O) groups is 1. The van der Waals surface area contributed by atoms with E-state index in [2.05, 4.69) is 20.1 Å². The molecule has 0 unspecified atom stereocenters. The first-order valence-electron chi connectivity index (χ1n) is 7.33. The summed E-state index contributed by atoms with van der Waals surface area (Å²) in [6, 6.07) is 0. The third-order valence-corrected chi connectivity index (χ3v) is 2.68. The van der Waals surface area contributed by atoms with E-state index in [1.807, 2.05) is 43.4 Å². The van der Waals surface area contributed by atoms with Crippen LogP contribution >= 0.6 is 0 Å². The molecule has 118 valence electrons. The lowest BCUT2D eigenvalue weighted by Gasteiger charge is -2.02. The molecule has 0 rings (SSSR count). The molecule has 0 bridgehead atoms. The van der Waals surface area contributed by atoms with Crippen molar-refractivity contribution in [2.45, 2.75) is 33.6 Å². The number of esters is 1. The SMILES string of the molecule is C=CCC/C(C)=C/C=C\C=C(/C)OC(=O)C(=C)/C=C\C=C/C. The highest BCUT2D eigenvalue weighted by molar-refractivity contribution is 5.91. The summed E-state index contributed by atoms with van der Waals surface area (Å²) in [5.41, 5.74) is 1.59. The van der Waals surface area contributed by atoms with Crippen LogP contribution in [0, 0.1) is 0 Å². The Hall–Kier alpha value is -2.35. The lowest BCUT2D eigenvalue weighted by atomic mass is 10.1. The van der Waals surface area contributed by atoms with Gasteiger partial charge in [-0.3, -0.25) is 0 Å². The standard InChI is InChI=1S/C20H26O2/c1-6-8-10-15-18(4)20(21)22-19(5)16-12-11-14-17(3)13-9-7-2/h6-8,10-12,14-16H,2,4,9,13H2,1,3,5H3/b8-6-,12-11-,15-10-,17-14+,19-16+. The van der Waals surface area contributed by atoms with Gasteiger partial charge in [-0.05, 0) is 45.8 Å². The Balaban J connectivity index is 4.41. The van der Waals surface area contributed by atoms with Crippen molar-refractivity contribution in [2.24, 2.45) is 0 Å². The average molecular weight is 298 g/mol. The van der Waals surface area contributed by atoms with Crippen molar-refractivity contribution in [3.05, 3.63) is 84.7 Å². The molecule has 0 aromatic carbocycles. The maximum Gasteiger partial charge on any atom is 0.342 e. The van der Waals surface area contributed by atoms with Gasteiger partial charge in [0.25, 0.3) is 0 Å². The van der Waals surface area contributed by atoms with Crippen molar-refractivity contribution >= 4 is 5.97 Å². The number of allylic oxidation sites excluding steroid dienone is 10. The molecule has 0 aliphatic rings. The fourth-order valence-corrected chi connectivity index (χ4v) is 1.42. The van der Waals surface area contributed by atoms with E-state index in [1.54, 1.807) is 25.2 Å². The minimum Gasteiger partial charge on any atom is -0.428 e. The van der Waals surface area contributed by atoms with Gasteiger partial charge >= 0.3 is 5.97 Å². The predicted molar refractivity (Wildman–Crippen MR) is 95.3 cm³/mol. The number of hydrogen-bond donors (Lipinski definition) is 0. The van der Waals surface area contributed by atoms with Crippen LogP contribution in [0.25, 0.3) is 0 Å². The summed E-state index contributed by atoms with van der Waals surface area (Å²) in [6.07, 6.45) is 18.5. The molecule has 0 spiro atoms. The van der Waals surface area contributed by atoms with Crippen LogP contribution in [-0.2, 0) is 9.53 Å². The van der Waals surface area contributed by atoms with E-state index >= 15 is 0 Å². The van der Waals surface area contributed by atoms with Crippen LogP contribution in [0.4, 0.5) is 0 Å². The van der Waals surface area contributed by atoms with Crippen molar-refractivity contribution in [3.63, 3.8) is 0 Å². The lowest BCUT2D eigenvalue weighted by Crippen LogP contribution is -2.03. The Morgan fingerprint density at radius 2 is 1.77 bits per heavy atom. The van der Waals surface area contributed by atoms with Crippen LogP contribution in [0.1, 0.15) is 33.6 Å². The molecule has 0 saturated heterocycles. The first-order chi connectivity index (χ1) is 10.5. The lowest BCUT2D eigenvalue weighted by molar-refractivity contribution is -0.134. The molecular formula is C20H26O2. The second-order valence-electron chi connectivity index (χ2n) is 4.80. The average Bonchev–Trinajstić information content (AvgIpc) is 2.49. The molecular weight excluding hydrogens is 272 g/mol. The second-order valence-corrected chi connectivity index (χ2v) is 4.80. The molecule has 22 heavy (non-hydrogen) atoms. The second kappa shape index (κ2) is 12.4. The zero-order valence-corrected chi connectivity index (χ0v) is 13.8. The topological polar surface area (TPSA) is 26.3 Å². The van der Waals surface area contributed by atoms with Crippen LogP contribution in [0.15, 0.2) is 84.7 Å². The largest absolute Gasteiger partial charge is 0.428 e. The Morgan fingerprint density at radius 3 is 2.41 bits per heavy atom. The van der Waals surface area contributed by atoms with E-state index in [0.29, 0.717) is 11.3 Å². The van der Waals surface area contributed by atoms with Crippen molar-refractivity contribution < 1.29 is 9.53 Å². The van der Waals surface area contributed by atoms with E-state index in [0.717, 1.165) is 12.8 Å². The van der Waals surface area contributed by atoms with E-state index in [4.69, 9.17) is 4.74 Å². The fraction of sp³-hybridized carbons (Fsp3) is 0.250. The highest BCUT2D eigenvalue weighted by atomic mass is 16.5. The van der Waals surface area contributed by atoms with Gasteiger partial charge in [-0.1, -0.05) is 54.7 Å². The van der Waals surface area contributed by atoms with Gasteiger partial charge < -0.3 is 4.74 Å². The Morgan fingerprint density at radius 1 is 1.09 bits per heavy atom. The summed E-state index contributed by atoms with van der Waals surface area (Å²) in [7, 11) is 0. The molecule has 0 atom stereocenters. The van der Waals surface area contributed by atoms with Crippen LogP contribution in [0.5, 0.6) is 0 Å². The Kier molecular flexibility index (Phi) is 11.1. The van der Waals surface area contributed by atoms with Gasteiger partial charge in [-0.15, -0.1) is 6.58 Å². The van der Waals surface area contributed by atoms with Gasteiger partial charge in [-0.2, -0.15) is 0 Å². The van der Waals surface area contributed by atoms with E-state index < -0.39 is 5.97 Å². The minimum absolute atomic E-state index is 0.315.